The Hall–Kier alpha value is -3.63. The summed E-state index contributed by atoms with van der Waals surface area (Å²) in [4.78, 5) is 22.0. The third-order valence-electron chi connectivity index (χ3n) is 6.74. The van der Waals surface area contributed by atoms with Gasteiger partial charge in [0.05, 0.1) is 41.6 Å². The zero-order valence-electron chi connectivity index (χ0n) is 19.1. The van der Waals surface area contributed by atoms with Crippen molar-refractivity contribution < 1.29 is 15.0 Å². The van der Waals surface area contributed by atoms with E-state index in [-0.39, 0.29) is 24.1 Å². The van der Waals surface area contributed by atoms with Crippen LogP contribution in [0.1, 0.15) is 54.6 Å². The summed E-state index contributed by atoms with van der Waals surface area (Å²) in [5, 5.41) is 28.5. The van der Waals surface area contributed by atoms with Crippen LogP contribution in [0.4, 0.5) is 5.82 Å². The number of Topliss-reactive ketones (excluding diaryl/α,β-unsaturated/α-hetero) is 1. The highest BCUT2D eigenvalue weighted by Gasteiger charge is 2.36. The van der Waals surface area contributed by atoms with Gasteiger partial charge in [0, 0.05) is 42.0 Å². The minimum atomic E-state index is -1.08. The van der Waals surface area contributed by atoms with Crippen LogP contribution in [0.2, 0.25) is 0 Å². The highest BCUT2D eigenvalue weighted by Crippen LogP contribution is 2.40. The Morgan fingerprint density at radius 1 is 1.18 bits per heavy atom. The second-order valence-corrected chi connectivity index (χ2v) is 9.10. The first kappa shape index (κ1) is 22.2. The molecule has 0 atom stereocenters. The molecule has 4 aromatic heterocycles. The second-order valence-electron chi connectivity index (χ2n) is 9.10. The van der Waals surface area contributed by atoms with Crippen molar-refractivity contribution in [1.82, 2.24) is 29.4 Å². The lowest BCUT2D eigenvalue weighted by Gasteiger charge is -2.34. The molecule has 5 rings (SSSR count). The van der Waals surface area contributed by atoms with Gasteiger partial charge >= 0.3 is 0 Å². The molecule has 176 valence electrons. The maximum atomic E-state index is 12.5. The molecule has 1 fully saturated rings. The lowest BCUT2D eigenvalue weighted by Crippen LogP contribution is -2.37. The summed E-state index contributed by atoms with van der Waals surface area (Å²) in [6, 6.07) is 3.87. The number of nitrogens with two attached hydrogens (primary N) is 1. The SMILES string of the molecule is CC(=O)c1c(C2CCC(O)(CO)CC2)nc2c(-c3ccc(-c4cnn(C)c4)nc3)cnn2c1N. The summed E-state index contributed by atoms with van der Waals surface area (Å²) in [6.07, 6.45) is 9.18. The molecule has 0 aromatic carbocycles. The van der Waals surface area contributed by atoms with Crippen LogP contribution in [0.15, 0.2) is 36.9 Å². The van der Waals surface area contributed by atoms with Gasteiger partial charge in [-0.1, -0.05) is 6.07 Å². The van der Waals surface area contributed by atoms with Gasteiger partial charge in [-0.05, 0) is 38.7 Å². The van der Waals surface area contributed by atoms with E-state index < -0.39 is 5.60 Å². The van der Waals surface area contributed by atoms with E-state index >= 15 is 0 Å². The van der Waals surface area contributed by atoms with Crippen LogP contribution < -0.4 is 5.73 Å². The number of aliphatic hydroxyl groups excluding tert-OH is 1. The Bertz CT molecular complexity index is 1370. The van der Waals surface area contributed by atoms with E-state index in [1.165, 1.54) is 11.4 Å². The van der Waals surface area contributed by atoms with E-state index in [2.05, 4.69) is 15.2 Å². The van der Waals surface area contributed by atoms with Crippen LogP contribution in [-0.2, 0) is 7.05 Å². The maximum absolute atomic E-state index is 12.5. The summed E-state index contributed by atoms with van der Waals surface area (Å²) in [6.45, 7) is 1.20. The van der Waals surface area contributed by atoms with Crippen LogP contribution >= 0.6 is 0 Å². The van der Waals surface area contributed by atoms with Crippen LogP contribution in [0, 0.1) is 0 Å². The zero-order chi connectivity index (χ0) is 24.0. The topological polar surface area (TPSA) is 144 Å². The molecule has 0 bridgehead atoms. The summed E-state index contributed by atoms with van der Waals surface area (Å²) < 4.78 is 3.22. The third-order valence-corrected chi connectivity index (χ3v) is 6.74. The summed E-state index contributed by atoms with van der Waals surface area (Å²) in [7, 11) is 1.86. The number of ketones is 1. The van der Waals surface area contributed by atoms with Gasteiger partial charge in [-0.15, -0.1) is 0 Å². The van der Waals surface area contributed by atoms with Gasteiger partial charge in [0.25, 0.3) is 0 Å². The quantitative estimate of drug-likeness (QED) is 0.384. The first-order valence-corrected chi connectivity index (χ1v) is 11.3. The fourth-order valence-electron chi connectivity index (χ4n) is 4.76. The number of pyridine rings is 1. The number of anilines is 1. The molecule has 0 unspecified atom stereocenters. The van der Waals surface area contributed by atoms with Gasteiger partial charge in [-0.3, -0.25) is 14.5 Å². The number of rotatable bonds is 5. The van der Waals surface area contributed by atoms with Crippen molar-refractivity contribution >= 4 is 17.2 Å². The molecule has 0 saturated heterocycles. The normalized spacial score (nSPS) is 20.6. The number of hydrogen-bond donors (Lipinski definition) is 3. The Morgan fingerprint density at radius 2 is 1.94 bits per heavy atom. The highest BCUT2D eigenvalue weighted by atomic mass is 16.3. The standard InChI is InChI=1S/C24H27N7O3/c1-14(33)20-21(15-5-7-24(34,13-32)8-6-15)29-23-18(11-28-31(23)22(20)25)16-3-4-19(26-9-16)17-10-27-30(2)12-17/h3-4,9-12,15,32,34H,5-8,13,25H2,1-2H3. The third kappa shape index (κ3) is 3.74. The molecule has 0 amide bonds. The Labute approximate surface area is 196 Å². The first-order chi connectivity index (χ1) is 16.3. The molecule has 0 spiro atoms. The predicted octanol–water partition coefficient (Wildman–Crippen LogP) is 2.36. The van der Waals surface area contributed by atoms with Crippen molar-refractivity contribution in [2.45, 2.75) is 44.1 Å². The first-order valence-electron chi connectivity index (χ1n) is 11.3. The zero-order valence-corrected chi connectivity index (χ0v) is 19.1. The molecule has 10 heteroatoms. The average Bonchev–Trinajstić information content (AvgIpc) is 3.46. The number of nitrogen functional groups attached to an aromatic ring is 1. The minimum absolute atomic E-state index is 0.0492. The van der Waals surface area contributed by atoms with Crippen molar-refractivity contribution in [1.29, 1.82) is 0 Å². The number of fused-ring (bicyclic) bond motifs is 1. The minimum Gasteiger partial charge on any atom is -0.393 e. The monoisotopic (exact) mass is 461 g/mol. The molecule has 1 saturated carbocycles. The molecule has 0 aliphatic heterocycles. The van der Waals surface area contributed by atoms with Crippen molar-refractivity contribution in [3.8, 4) is 22.4 Å². The molecular formula is C24H27N7O3. The van der Waals surface area contributed by atoms with E-state index in [0.717, 1.165) is 22.4 Å². The number of hydrogen-bond acceptors (Lipinski definition) is 8. The van der Waals surface area contributed by atoms with E-state index in [0.29, 0.717) is 42.6 Å². The molecule has 1 aliphatic carbocycles. The number of aromatic nitrogens is 6. The molecule has 4 heterocycles. The Kier molecular flexibility index (Phi) is 5.41. The van der Waals surface area contributed by atoms with Crippen LogP contribution in [0.3, 0.4) is 0 Å². The number of carbonyl (C=O) groups excluding carboxylic acids is 1. The fourth-order valence-corrected chi connectivity index (χ4v) is 4.76. The second kappa shape index (κ2) is 8.30. The molecule has 0 radical (unpaired) electrons. The van der Waals surface area contributed by atoms with Crippen molar-refractivity contribution in [3.05, 3.63) is 48.2 Å². The van der Waals surface area contributed by atoms with Crippen molar-refractivity contribution in [2.24, 2.45) is 7.05 Å². The largest absolute Gasteiger partial charge is 0.393 e. The Morgan fingerprint density at radius 3 is 2.53 bits per heavy atom. The van der Waals surface area contributed by atoms with Gasteiger partial charge in [-0.2, -0.15) is 14.7 Å². The highest BCUT2D eigenvalue weighted by molar-refractivity contribution is 6.00. The molecule has 10 nitrogen and oxygen atoms in total. The predicted molar refractivity (Wildman–Crippen MR) is 126 cm³/mol. The summed E-state index contributed by atoms with van der Waals surface area (Å²) in [5.74, 6) is 0.0259. The summed E-state index contributed by atoms with van der Waals surface area (Å²) >= 11 is 0. The van der Waals surface area contributed by atoms with Gasteiger partial charge in [-0.25, -0.2) is 4.98 Å². The Balaban J connectivity index is 1.57. The van der Waals surface area contributed by atoms with E-state index in [4.69, 9.17) is 10.7 Å². The van der Waals surface area contributed by atoms with Crippen molar-refractivity contribution in [3.63, 3.8) is 0 Å². The molecule has 4 aromatic rings. The van der Waals surface area contributed by atoms with Crippen molar-refractivity contribution in [2.75, 3.05) is 12.3 Å². The summed E-state index contributed by atoms with van der Waals surface area (Å²) in [5.41, 5.74) is 10.2. The van der Waals surface area contributed by atoms with Crippen LogP contribution in [0.25, 0.3) is 28.0 Å². The van der Waals surface area contributed by atoms with Gasteiger partial charge in [0.15, 0.2) is 11.4 Å². The maximum Gasteiger partial charge on any atom is 0.165 e. The van der Waals surface area contributed by atoms with E-state index in [9.17, 15) is 15.0 Å². The lowest BCUT2D eigenvalue weighted by molar-refractivity contribution is -0.0458. The fraction of sp³-hybridized carbons (Fsp3) is 0.375. The lowest BCUT2D eigenvalue weighted by atomic mass is 9.77. The molecule has 34 heavy (non-hydrogen) atoms. The van der Waals surface area contributed by atoms with Gasteiger partial charge in [0.1, 0.15) is 5.82 Å². The van der Waals surface area contributed by atoms with Gasteiger partial charge in [0.2, 0.25) is 0 Å². The van der Waals surface area contributed by atoms with Crippen LogP contribution in [-0.4, -0.2) is 57.6 Å². The van der Waals surface area contributed by atoms with Gasteiger partial charge < -0.3 is 15.9 Å². The number of aryl methyl sites for hydroxylation is 1. The number of aliphatic hydroxyl groups is 2. The number of nitrogens with zero attached hydrogens (tertiary/aromatic N) is 6. The smallest absolute Gasteiger partial charge is 0.165 e. The molecule has 1 aliphatic rings. The van der Waals surface area contributed by atoms with Crippen LogP contribution in [0.5, 0.6) is 0 Å². The molecule has 4 N–H and O–H groups in total. The molecular weight excluding hydrogens is 434 g/mol. The van der Waals surface area contributed by atoms with E-state index in [1.807, 2.05) is 25.4 Å². The number of carbonyl (C=O) groups is 1. The van der Waals surface area contributed by atoms with E-state index in [1.54, 1.807) is 23.3 Å². The average molecular weight is 462 g/mol.